The van der Waals surface area contributed by atoms with Gasteiger partial charge >= 0.3 is 0 Å². The molecule has 0 amide bonds. The lowest BCUT2D eigenvalue weighted by Crippen LogP contribution is -2.44. The molecular weight excluding hydrogens is 280 g/mol. The van der Waals surface area contributed by atoms with Gasteiger partial charge in [0.1, 0.15) is 0 Å². The molecule has 1 rings (SSSR count). The molecule has 0 fully saturated rings. The summed E-state index contributed by atoms with van der Waals surface area (Å²) < 4.78 is 6.06. The van der Waals surface area contributed by atoms with Crippen LogP contribution in [-0.4, -0.2) is 32.2 Å². The first kappa shape index (κ1) is 18.3. The lowest BCUT2D eigenvalue weighted by molar-refractivity contribution is 0.0993. The predicted octanol–water partition coefficient (Wildman–Crippen LogP) is 3.31. The Morgan fingerprint density at radius 2 is 1.81 bits per heavy atom. The van der Waals surface area contributed by atoms with E-state index in [1.54, 1.807) is 0 Å². The lowest BCUT2D eigenvalue weighted by atomic mass is 9.98. The maximum atomic E-state index is 9.40. The summed E-state index contributed by atoms with van der Waals surface area (Å²) in [5, 5.41) is 12.9. The van der Waals surface area contributed by atoms with E-state index in [-0.39, 0.29) is 18.2 Å². The molecule has 1 aromatic carbocycles. The van der Waals surface area contributed by atoms with Crippen molar-refractivity contribution in [1.82, 2.24) is 10.8 Å². The van der Waals surface area contributed by atoms with Gasteiger partial charge in [0.25, 0.3) is 0 Å². The molecule has 0 saturated heterocycles. The van der Waals surface area contributed by atoms with Crippen molar-refractivity contribution in [2.75, 3.05) is 6.54 Å². The van der Waals surface area contributed by atoms with Gasteiger partial charge in [-0.2, -0.15) is 0 Å². The summed E-state index contributed by atoms with van der Waals surface area (Å²) >= 11 is 0. The molecule has 0 aromatic heterocycles. The van der Waals surface area contributed by atoms with Gasteiger partial charge in [0.05, 0.1) is 12.1 Å². The van der Waals surface area contributed by atoms with E-state index < -0.39 is 8.32 Å². The molecule has 1 unspecified atom stereocenters. The zero-order chi connectivity index (χ0) is 15.9. The van der Waals surface area contributed by atoms with E-state index in [9.17, 15) is 5.21 Å². The molecule has 4 nitrogen and oxygen atoms in total. The van der Waals surface area contributed by atoms with Crippen molar-refractivity contribution >= 4 is 8.32 Å². The third-order valence-electron chi connectivity index (χ3n) is 3.35. The lowest BCUT2D eigenvalue weighted by Gasteiger charge is -2.30. The Labute approximate surface area is 130 Å². The minimum absolute atomic E-state index is 0.0218. The Morgan fingerprint density at radius 1 is 1.19 bits per heavy atom. The molecule has 3 N–H and O–H groups in total. The van der Waals surface area contributed by atoms with E-state index in [1.165, 1.54) is 5.56 Å². The van der Waals surface area contributed by atoms with Gasteiger partial charge in [0, 0.05) is 12.6 Å². The molecule has 0 aliphatic rings. The van der Waals surface area contributed by atoms with Crippen LogP contribution in [0.4, 0.5) is 0 Å². The molecule has 0 heterocycles. The van der Waals surface area contributed by atoms with Gasteiger partial charge in [-0.25, -0.2) is 5.48 Å². The van der Waals surface area contributed by atoms with Crippen LogP contribution in [0.5, 0.6) is 0 Å². The number of benzene rings is 1. The first-order valence-electron chi connectivity index (χ1n) is 7.73. The number of hydrogen-bond acceptors (Lipinski definition) is 4. The fraction of sp³-hybridized carbons (Fsp3) is 0.625. The number of hydroxylamine groups is 1. The molecule has 5 heteroatoms. The summed E-state index contributed by atoms with van der Waals surface area (Å²) in [6.07, 6.45) is 1.01. The summed E-state index contributed by atoms with van der Waals surface area (Å²) in [7, 11) is -1.52. The number of nitrogens with one attached hydrogen (secondary N) is 2. The number of rotatable bonds is 9. The first-order valence-corrected chi connectivity index (χ1v) is 11.1. The summed E-state index contributed by atoms with van der Waals surface area (Å²) in [6, 6.07) is 10.3. The largest absolute Gasteiger partial charge is 0.414 e. The Hall–Kier alpha value is -0.723. The second-order valence-corrected chi connectivity index (χ2v) is 10.9. The molecule has 0 aliphatic carbocycles. The van der Waals surface area contributed by atoms with Crippen LogP contribution in [0.3, 0.4) is 0 Å². The van der Waals surface area contributed by atoms with Crippen molar-refractivity contribution in [1.29, 1.82) is 0 Å². The van der Waals surface area contributed by atoms with Crippen molar-refractivity contribution in [3.05, 3.63) is 35.9 Å². The summed E-state index contributed by atoms with van der Waals surface area (Å²) in [5.41, 5.74) is 3.60. The van der Waals surface area contributed by atoms with E-state index >= 15 is 0 Å². The van der Waals surface area contributed by atoms with Crippen LogP contribution in [0.15, 0.2) is 30.3 Å². The maximum absolute atomic E-state index is 9.40. The van der Waals surface area contributed by atoms with Crippen molar-refractivity contribution in [2.45, 2.75) is 58.1 Å². The van der Waals surface area contributed by atoms with Crippen LogP contribution in [0, 0.1) is 0 Å². The molecular formula is C16H30N2O2Si. The molecule has 0 aliphatic heterocycles. The van der Waals surface area contributed by atoms with E-state index in [4.69, 9.17) is 4.43 Å². The van der Waals surface area contributed by atoms with Crippen LogP contribution in [0.25, 0.3) is 0 Å². The van der Waals surface area contributed by atoms with Gasteiger partial charge in [0.2, 0.25) is 0 Å². The zero-order valence-corrected chi connectivity index (χ0v) is 14.9. The van der Waals surface area contributed by atoms with Crippen LogP contribution in [0.2, 0.25) is 19.6 Å². The van der Waals surface area contributed by atoms with E-state index in [2.05, 4.69) is 56.4 Å². The molecule has 1 aromatic rings. The highest BCUT2D eigenvalue weighted by Crippen LogP contribution is 2.19. The fourth-order valence-electron chi connectivity index (χ4n) is 2.49. The molecule has 0 saturated carbocycles. The van der Waals surface area contributed by atoms with E-state index in [0.717, 1.165) is 13.0 Å². The third-order valence-corrected chi connectivity index (χ3v) is 4.46. The van der Waals surface area contributed by atoms with Gasteiger partial charge in [-0.05, 0) is 38.5 Å². The molecule has 0 radical (unpaired) electrons. The Balaban J connectivity index is 2.70. The van der Waals surface area contributed by atoms with Crippen LogP contribution < -0.4 is 10.8 Å². The highest BCUT2D eigenvalue weighted by Gasteiger charge is 2.23. The van der Waals surface area contributed by atoms with Gasteiger partial charge in [-0.15, -0.1) is 0 Å². The topological polar surface area (TPSA) is 53.5 Å². The summed E-state index contributed by atoms with van der Waals surface area (Å²) in [4.78, 5) is 0. The second kappa shape index (κ2) is 8.65. The summed E-state index contributed by atoms with van der Waals surface area (Å²) in [5.74, 6) is 0. The summed E-state index contributed by atoms with van der Waals surface area (Å²) in [6.45, 7) is 11.5. The molecule has 0 spiro atoms. The standard InChI is InChI=1S/C16H30N2O2Si/c1-6-15(18-19)16(14-10-8-7-9-11-14)17-12-13(2)20-21(3,4)5/h7-11,13,15-19H,6,12H2,1-5H3/t13?,15-,16+/m0/s1. The van der Waals surface area contributed by atoms with Gasteiger partial charge < -0.3 is 15.0 Å². The SMILES string of the molecule is CC[C@H](NO)[C@H](NCC(C)O[Si](C)(C)C)c1ccccc1. The van der Waals surface area contributed by atoms with Gasteiger partial charge in [-0.1, -0.05) is 37.3 Å². The monoisotopic (exact) mass is 310 g/mol. The smallest absolute Gasteiger partial charge is 0.184 e. The molecule has 21 heavy (non-hydrogen) atoms. The minimum Gasteiger partial charge on any atom is -0.414 e. The van der Waals surface area contributed by atoms with Crippen LogP contribution >= 0.6 is 0 Å². The van der Waals surface area contributed by atoms with Crippen LogP contribution in [0.1, 0.15) is 31.9 Å². The van der Waals surface area contributed by atoms with Crippen LogP contribution in [-0.2, 0) is 4.43 Å². The molecule has 0 bridgehead atoms. The van der Waals surface area contributed by atoms with Gasteiger partial charge in [-0.3, -0.25) is 0 Å². The average Bonchev–Trinajstić information content (AvgIpc) is 2.42. The normalized spacial score (nSPS) is 16.5. The van der Waals surface area contributed by atoms with E-state index in [1.807, 2.05) is 18.2 Å². The van der Waals surface area contributed by atoms with Crippen molar-refractivity contribution in [2.24, 2.45) is 0 Å². The van der Waals surface area contributed by atoms with Gasteiger partial charge in [0.15, 0.2) is 8.32 Å². The Morgan fingerprint density at radius 3 is 2.29 bits per heavy atom. The predicted molar refractivity (Wildman–Crippen MR) is 90.1 cm³/mol. The van der Waals surface area contributed by atoms with Crippen molar-refractivity contribution in [3.63, 3.8) is 0 Å². The molecule has 120 valence electrons. The van der Waals surface area contributed by atoms with Crippen molar-refractivity contribution < 1.29 is 9.63 Å². The highest BCUT2D eigenvalue weighted by atomic mass is 28.4. The Kier molecular flexibility index (Phi) is 7.55. The second-order valence-electron chi connectivity index (χ2n) is 6.48. The van der Waals surface area contributed by atoms with E-state index in [0.29, 0.717) is 0 Å². The number of hydrogen-bond donors (Lipinski definition) is 3. The minimum atomic E-state index is -1.52. The Bertz CT molecular complexity index is 391. The maximum Gasteiger partial charge on any atom is 0.184 e. The first-order chi connectivity index (χ1) is 9.87. The molecule has 3 atom stereocenters. The third kappa shape index (κ3) is 6.71. The quantitative estimate of drug-likeness (QED) is 0.484. The zero-order valence-electron chi connectivity index (χ0n) is 13.9. The fourth-order valence-corrected chi connectivity index (χ4v) is 3.78. The average molecular weight is 311 g/mol. The van der Waals surface area contributed by atoms with Crippen molar-refractivity contribution in [3.8, 4) is 0 Å². The highest BCUT2D eigenvalue weighted by molar-refractivity contribution is 6.69.